The average Bonchev–Trinajstić information content (AvgIpc) is 2.25. The first-order valence-corrected chi connectivity index (χ1v) is 7.99. The summed E-state index contributed by atoms with van der Waals surface area (Å²) in [4.78, 5) is 13.5. The van der Waals surface area contributed by atoms with Gasteiger partial charge < -0.3 is 10.2 Å². The highest BCUT2D eigenvalue weighted by molar-refractivity contribution is 7.85. The molecule has 0 atom stereocenters. The van der Waals surface area contributed by atoms with Gasteiger partial charge in [-0.25, -0.2) is 4.79 Å². The number of likely N-dealkylation sites (tertiary alicyclic amines) is 1. The Balaban J connectivity index is 2.30. The summed E-state index contributed by atoms with van der Waals surface area (Å²) in [5, 5.41) is 2.84. The lowest BCUT2D eigenvalue weighted by Gasteiger charge is -2.32. The van der Waals surface area contributed by atoms with Gasteiger partial charge in [0.05, 0.1) is 12.9 Å². The predicted octanol–water partition coefficient (Wildman–Crippen LogP) is 0.793. The van der Waals surface area contributed by atoms with Crippen LogP contribution in [0.5, 0.6) is 0 Å². The molecule has 0 aliphatic carbocycles. The van der Waals surface area contributed by atoms with Crippen molar-refractivity contribution in [2.24, 2.45) is 5.92 Å². The Bertz CT molecular complexity index is 373. The molecule has 2 amide bonds. The Kier molecular flexibility index (Phi) is 5.40. The van der Waals surface area contributed by atoms with E-state index in [0.29, 0.717) is 13.1 Å². The summed E-state index contributed by atoms with van der Waals surface area (Å²) in [5.74, 6) is 0.211. The number of piperidine rings is 1. The van der Waals surface area contributed by atoms with Gasteiger partial charge in [-0.2, -0.15) is 8.42 Å². The number of nitrogens with one attached hydrogen (secondary N) is 1. The van der Waals surface area contributed by atoms with Gasteiger partial charge in [-0.05, 0) is 32.6 Å². The van der Waals surface area contributed by atoms with E-state index < -0.39 is 10.1 Å². The highest BCUT2D eigenvalue weighted by Crippen LogP contribution is 2.18. The Hall–Kier alpha value is -0.820. The summed E-state index contributed by atoms with van der Waals surface area (Å²) >= 11 is 0. The minimum atomic E-state index is -3.36. The molecule has 1 aliphatic heterocycles. The molecule has 1 N–H and O–H groups in total. The van der Waals surface area contributed by atoms with Crippen LogP contribution in [0, 0.1) is 5.92 Å². The maximum absolute atomic E-state index is 11.7. The first-order valence-electron chi connectivity index (χ1n) is 6.18. The third-order valence-electron chi connectivity index (χ3n) is 2.83. The number of nitrogens with zero attached hydrogens (tertiary/aromatic N) is 1. The molecule has 18 heavy (non-hydrogen) atoms. The van der Waals surface area contributed by atoms with Crippen molar-refractivity contribution < 1.29 is 17.4 Å². The van der Waals surface area contributed by atoms with Crippen LogP contribution in [0.15, 0.2) is 0 Å². The number of carbonyl (C=O) groups is 1. The molecule has 0 aromatic carbocycles. The summed E-state index contributed by atoms with van der Waals surface area (Å²) in [6, 6.07) is 0.0799. The summed E-state index contributed by atoms with van der Waals surface area (Å²) in [6.07, 6.45) is 2.61. The van der Waals surface area contributed by atoms with E-state index in [9.17, 15) is 13.2 Å². The number of rotatable bonds is 4. The molecule has 0 unspecified atom stereocenters. The van der Waals surface area contributed by atoms with Crippen LogP contribution in [0.4, 0.5) is 4.79 Å². The van der Waals surface area contributed by atoms with Gasteiger partial charge in [0.25, 0.3) is 10.1 Å². The molecule has 7 heteroatoms. The van der Waals surface area contributed by atoms with Crippen molar-refractivity contribution in [1.29, 1.82) is 0 Å². The molecule has 0 radical (unpaired) electrons. The third-order valence-corrected chi connectivity index (χ3v) is 3.40. The molecule has 1 heterocycles. The molecule has 1 aliphatic rings. The average molecular weight is 278 g/mol. The fourth-order valence-electron chi connectivity index (χ4n) is 1.86. The topological polar surface area (TPSA) is 75.7 Å². The molecule has 0 saturated carbocycles. The molecule has 0 aromatic rings. The van der Waals surface area contributed by atoms with Crippen LogP contribution in [0.2, 0.25) is 0 Å². The predicted molar refractivity (Wildman–Crippen MR) is 68.8 cm³/mol. The molecule has 1 fully saturated rings. The van der Waals surface area contributed by atoms with Gasteiger partial charge in [0.1, 0.15) is 0 Å². The number of urea groups is 1. The number of carbonyl (C=O) groups excluding carboxylic acids is 1. The molecule has 0 spiro atoms. The standard InChI is InChI=1S/C11H22N2O4S/c1-9(2)12-11(14)13-6-4-10(5-7-13)8-17-18(3,15)16/h9-10H,4-8H2,1-3H3,(H,12,14). The molecule has 1 rings (SSSR count). The van der Waals surface area contributed by atoms with E-state index >= 15 is 0 Å². The first-order chi connectivity index (χ1) is 8.28. The highest BCUT2D eigenvalue weighted by atomic mass is 32.2. The van der Waals surface area contributed by atoms with Gasteiger partial charge >= 0.3 is 6.03 Å². The van der Waals surface area contributed by atoms with E-state index in [1.54, 1.807) is 4.90 Å². The van der Waals surface area contributed by atoms with Gasteiger partial charge in [0.15, 0.2) is 0 Å². The lowest BCUT2D eigenvalue weighted by Crippen LogP contribution is -2.47. The van der Waals surface area contributed by atoms with Crippen molar-refractivity contribution in [2.75, 3.05) is 26.0 Å². The summed E-state index contributed by atoms with van der Waals surface area (Å²) < 4.78 is 26.5. The lowest BCUT2D eigenvalue weighted by atomic mass is 9.98. The minimum absolute atomic E-state index is 0.0486. The van der Waals surface area contributed by atoms with Crippen molar-refractivity contribution in [3.8, 4) is 0 Å². The van der Waals surface area contributed by atoms with Crippen molar-refractivity contribution in [3.63, 3.8) is 0 Å². The van der Waals surface area contributed by atoms with E-state index in [2.05, 4.69) is 5.32 Å². The van der Waals surface area contributed by atoms with E-state index in [4.69, 9.17) is 4.18 Å². The third kappa shape index (κ3) is 5.68. The van der Waals surface area contributed by atoms with E-state index in [1.807, 2.05) is 13.8 Å². The monoisotopic (exact) mass is 278 g/mol. The zero-order valence-electron chi connectivity index (χ0n) is 11.2. The van der Waals surface area contributed by atoms with E-state index in [-0.39, 0.29) is 24.6 Å². The number of hydrogen-bond acceptors (Lipinski definition) is 4. The van der Waals surface area contributed by atoms with Crippen LogP contribution in [-0.4, -0.2) is 51.3 Å². The Morgan fingerprint density at radius 2 is 1.94 bits per heavy atom. The lowest BCUT2D eigenvalue weighted by molar-refractivity contribution is 0.146. The number of amides is 2. The molecule has 106 valence electrons. The van der Waals surface area contributed by atoms with Crippen LogP contribution in [0.1, 0.15) is 26.7 Å². The van der Waals surface area contributed by atoms with Gasteiger partial charge in [0, 0.05) is 19.1 Å². The van der Waals surface area contributed by atoms with Crippen molar-refractivity contribution in [2.45, 2.75) is 32.7 Å². The quantitative estimate of drug-likeness (QED) is 0.772. The Labute approximate surface area is 109 Å². The van der Waals surface area contributed by atoms with Crippen LogP contribution in [0.25, 0.3) is 0 Å². The summed E-state index contributed by atoms with van der Waals surface area (Å²) in [6.45, 7) is 5.36. The second-order valence-electron chi connectivity index (χ2n) is 5.02. The molecule has 6 nitrogen and oxygen atoms in total. The molecular formula is C11H22N2O4S. The van der Waals surface area contributed by atoms with Crippen LogP contribution in [-0.2, 0) is 14.3 Å². The normalized spacial score (nSPS) is 18.1. The van der Waals surface area contributed by atoms with Crippen LogP contribution < -0.4 is 5.32 Å². The van der Waals surface area contributed by atoms with Crippen molar-refractivity contribution in [3.05, 3.63) is 0 Å². The van der Waals surface area contributed by atoms with Crippen LogP contribution >= 0.6 is 0 Å². The molecule has 0 aromatic heterocycles. The fourth-order valence-corrected chi connectivity index (χ4v) is 2.30. The molecule has 0 bridgehead atoms. The Morgan fingerprint density at radius 3 is 2.39 bits per heavy atom. The fraction of sp³-hybridized carbons (Fsp3) is 0.909. The number of hydrogen-bond donors (Lipinski definition) is 1. The summed E-state index contributed by atoms with van der Waals surface area (Å²) in [5.41, 5.74) is 0. The van der Waals surface area contributed by atoms with Crippen LogP contribution in [0.3, 0.4) is 0 Å². The zero-order chi connectivity index (χ0) is 13.8. The molecular weight excluding hydrogens is 256 g/mol. The smallest absolute Gasteiger partial charge is 0.317 e. The second-order valence-corrected chi connectivity index (χ2v) is 6.67. The highest BCUT2D eigenvalue weighted by Gasteiger charge is 2.23. The van der Waals surface area contributed by atoms with Gasteiger partial charge in [-0.3, -0.25) is 4.18 Å². The maximum atomic E-state index is 11.7. The second kappa shape index (κ2) is 6.38. The van der Waals surface area contributed by atoms with E-state index in [1.165, 1.54) is 0 Å². The van der Waals surface area contributed by atoms with Gasteiger partial charge in [-0.15, -0.1) is 0 Å². The minimum Gasteiger partial charge on any atom is -0.336 e. The largest absolute Gasteiger partial charge is 0.336 e. The van der Waals surface area contributed by atoms with Gasteiger partial charge in [-0.1, -0.05) is 0 Å². The van der Waals surface area contributed by atoms with E-state index in [0.717, 1.165) is 19.1 Å². The first kappa shape index (κ1) is 15.2. The van der Waals surface area contributed by atoms with Crippen molar-refractivity contribution >= 4 is 16.1 Å². The van der Waals surface area contributed by atoms with Gasteiger partial charge in [0.2, 0.25) is 0 Å². The van der Waals surface area contributed by atoms with Crippen molar-refractivity contribution in [1.82, 2.24) is 10.2 Å². The maximum Gasteiger partial charge on any atom is 0.317 e. The SMILES string of the molecule is CC(C)NC(=O)N1CCC(COS(C)(=O)=O)CC1. The Morgan fingerprint density at radius 1 is 1.39 bits per heavy atom. The summed E-state index contributed by atoms with van der Waals surface area (Å²) in [7, 11) is -3.36. The zero-order valence-corrected chi connectivity index (χ0v) is 12.0. The molecule has 1 saturated heterocycles.